The maximum atomic E-state index is 5.90. The van der Waals surface area contributed by atoms with Crippen molar-refractivity contribution in [3.63, 3.8) is 0 Å². The smallest absolute Gasteiger partial charge is 0.283 e. The third-order valence-electron chi connectivity index (χ3n) is 2.80. The molecule has 0 amide bonds. The van der Waals surface area contributed by atoms with Gasteiger partial charge in [-0.05, 0) is 31.2 Å². The van der Waals surface area contributed by atoms with Crippen molar-refractivity contribution in [1.82, 2.24) is 10.2 Å². The van der Waals surface area contributed by atoms with Gasteiger partial charge < -0.3 is 13.6 Å². The number of aromatic nitrogens is 2. The lowest BCUT2D eigenvalue weighted by Crippen LogP contribution is -2.03. The van der Waals surface area contributed by atoms with Gasteiger partial charge in [0.05, 0.1) is 0 Å². The predicted octanol–water partition coefficient (Wildman–Crippen LogP) is 4.56. The molecule has 2 aromatic heterocycles. The Kier molecular flexibility index (Phi) is 4.09. The van der Waals surface area contributed by atoms with Crippen molar-refractivity contribution >= 4 is 23.2 Å². The second kappa shape index (κ2) is 6.02. The van der Waals surface area contributed by atoms with Crippen LogP contribution in [0.3, 0.4) is 0 Å². The Morgan fingerprint density at radius 2 is 1.82 bits per heavy atom. The van der Waals surface area contributed by atoms with Crippen molar-refractivity contribution in [3.05, 3.63) is 54.1 Å². The quantitative estimate of drug-likeness (QED) is 0.638. The number of furan rings is 1. The van der Waals surface area contributed by atoms with Crippen molar-refractivity contribution in [3.8, 4) is 17.4 Å². The van der Waals surface area contributed by atoms with Gasteiger partial charge in [0.1, 0.15) is 18.1 Å². The summed E-state index contributed by atoms with van der Waals surface area (Å²) in [4.78, 5) is 0. The number of hydrogen-bond acceptors (Lipinski definition) is 5. The molecule has 3 aromatic rings. The van der Waals surface area contributed by atoms with Crippen LogP contribution in [0.4, 0.5) is 0 Å². The summed E-state index contributed by atoms with van der Waals surface area (Å²) in [5.74, 6) is 2.17. The second-order valence-corrected chi connectivity index (χ2v) is 6.37. The minimum atomic E-state index is -1.24. The molecule has 0 radical (unpaired) electrons. The number of hydrogen-bond donors (Lipinski definition) is 0. The van der Waals surface area contributed by atoms with Crippen molar-refractivity contribution in [2.45, 2.75) is 17.9 Å². The molecular formula is C15H12Cl2N2O3. The highest BCUT2D eigenvalue weighted by Gasteiger charge is 2.28. The third-order valence-corrected chi connectivity index (χ3v) is 3.12. The van der Waals surface area contributed by atoms with Crippen LogP contribution in [0.5, 0.6) is 5.75 Å². The Balaban J connectivity index is 1.70. The van der Waals surface area contributed by atoms with E-state index in [4.69, 9.17) is 36.8 Å². The van der Waals surface area contributed by atoms with Gasteiger partial charge in [0.25, 0.3) is 11.8 Å². The van der Waals surface area contributed by atoms with E-state index in [1.54, 1.807) is 19.1 Å². The maximum Gasteiger partial charge on any atom is 0.283 e. The van der Waals surface area contributed by atoms with Crippen LogP contribution in [-0.4, -0.2) is 10.2 Å². The van der Waals surface area contributed by atoms with Gasteiger partial charge in [0, 0.05) is 0 Å². The minimum Gasteiger partial charge on any atom is -0.486 e. The summed E-state index contributed by atoms with van der Waals surface area (Å²) in [6.07, 6.45) is 0. The van der Waals surface area contributed by atoms with Crippen LogP contribution in [0.15, 0.2) is 51.3 Å². The highest BCUT2D eigenvalue weighted by Crippen LogP contribution is 2.33. The van der Waals surface area contributed by atoms with E-state index in [0.717, 1.165) is 5.75 Å². The lowest BCUT2D eigenvalue weighted by molar-refractivity contribution is 0.271. The molecule has 3 rings (SSSR count). The van der Waals surface area contributed by atoms with Gasteiger partial charge in [-0.3, -0.25) is 0 Å². The Hall–Kier alpha value is -1.98. The Labute approximate surface area is 136 Å². The van der Waals surface area contributed by atoms with E-state index in [-0.39, 0.29) is 11.8 Å². The van der Waals surface area contributed by atoms with Gasteiger partial charge in [0.2, 0.25) is 0 Å². The fraction of sp³-hybridized carbons (Fsp3) is 0.200. The van der Waals surface area contributed by atoms with Crippen molar-refractivity contribution in [2.24, 2.45) is 0 Å². The number of para-hydroxylation sites is 1. The van der Waals surface area contributed by atoms with Gasteiger partial charge in [0.15, 0.2) is 10.1 Å². The number of ether oxygens (including phenoxy) is 1. The molecule has 0 fully saturated rings. The molecule has 5 nitrogen and oxygen atoms in total. The molecule has 0 saturated carbocycles. The van der Waals surface area contributed by atoms with Gasteiger partial charge in [-0.25, -0.2) is 0 Å². The Morgan fingerprint density at radius 1 is 1.05 bits per heavy atom. The fourth-order valence-corrected chi connectivity index (χ4v) is 1.89. The first-order valence-electron chi connectivity index (χ1n) is 6.51. The van der Waals surface area contributed by atoms with Crippen molar-refractivity contribution in [1.29, 1.82) is 0 Å². The Bertz CT molecular complexity index is 747. The Morgan fingerprint density at radius 3 is 2.50 bits per heavy atom. The molecule has 0 saturated heterocycles. The minimum absolute atomic E-state index is 0.115. The highest BCUT2D eigenvalue weighted by molar-refractivity contribution is 6.47. The summed E-state index contributed by atoms with van der Waals surface area (Å²) in [6.45, 7) is 1.85. The fourth-order valence-electron chi connectivity index (χ4n) is 1.74. The molecule has 0 N–H and O–H groups in total. The van der Waals surface area contributed by atoms with Gasteiger partial charge in [-0.15, -0.1) is 10.2 Å². The summed E-state index contributed by atoms with van der Waals surface area (Å²) >= 11 is 11.8. The van der Waals surface area contributed by atoms with E-state index in [1.807, 2.05) is 30.3 Å². The van der Waals surface area contributed by atoms with E-state index >= 15 is 0 Å². The lowest BCUT2D eigenvalue weighted by atomic mass is 10.3. The van der Waals surface area contributed by atoms with Crippen LogP contribution in [0, 0.1) is 0 Å². The zero-order valence-corrected chi connectivity index (χ0v) is 13.1. The number of nitrogens with zero attached hydrogens (tertiary/aromatic N) is 2. The maximum absolute atomic E-state index is 5.90. The molecule has 22 heavy (non-hydrogen) atoms. The van der Waals surface area contributed by atoms with Gasteiger partial charge in [-0.1, -0.05) is 41.4 Å². The summed E-state index contributed by atoms with van der Waals surface area (Å²) in [5.41, 5.74) is 0. The molecular weight excluding hydrogens is 327 g/mol. The molecule has 0 spiro atoms. The predicted molar refractivity (Wildman–Crippen MR) is 81.8 cm³/mol. The molecule has 0 aliphatic heterocycles. The van der Waals surface area contributed by atoms with Crippen LogP contribution < -0.4 is 4.74 Å². The van der Waals surface area contributed by atoms with Gasteiger partial charge in [-0.2, -0.15) is 0 Å². The van der Waals surface area contributed by atoms with E-state index in [0.29, 0.717) is 18.1 Å². The monoisotopic (exact) mass is 338 g/mol. The molecule has 1 aromatic carbocycles. The summed E-state index contributed by atoms with van der Waals surface area (Å²) < 4.78 is 15.4. The molecule has 0 aliphatic carbocycles. The zero-order valence-electron chi connectivity index (χ0n) is 11.6. The molecule has 0 aliphatic rings. The normalized spacial score (nSPS) is 11.6. The SMILES string of the molecule is CC(Cl)(Cl)c1nnc(-c2ccc(COc3ccccc3)o2)o1. The number of benzene rings is 1. The van der Waals surface area contributed by atoms with E-state index in [9.17, 15) is 0 Å². The standard InChI is InChI=1S/C15H12Cl2N2O3/c1-15(16,17)14-19-18-13(22-14)12-8-7-11(21-12)9-20-10-5-3-2-4-6-10/h2-8H,9H2,1H3. The lowest BCUT2D eigenvalue weighted by Gasteiger charge is -2.04. The molecule has 0 unspecified atom stereocenters. The first kappa shape index (κ1) is 14.9. The van der Waals surface area contributed by atoms with Gasteiger partial charge >= 0.3 is 0 Å². The number of rotatable bonds is 5. The third kappa shape index (κ3) is 3.43. The van der Waals surface area contributed by atoms with Crippen molar-refractivity contribution < 1.29 is 13.6 Å². The first-order valence-corrected chi connectivity index (χ1v) is 7.27. The molecule has 0 atom stereocenters. The van der Waals surface area contributed by atoms with Crippen LogP contribution in [0.1, 0.15) is 18.6 Å². The van der Waals surface area contributed by atoms with E-state index in [1.165, 1.54) is 0 Å². The van der Waals surface area contributed by atoms with E-state index in [2.05, 4.69) is 10.2 Å². The number of alkyl halides is 2. The summed E-state index contributed by atoms with van der Waals surface area (Å²) in [7, 11) is 0. The average Bonchev–Trinajstić information content (AvgIpc) is 3.14. The molecule has 0 bridgehead atoms. The van der Waals surface area contributed by atoms with Crippen LogP contribution in [0.2, 0.25) is 0 Å². The number of halogens is 2. The summed E-state index contributed by atoms with van der Waals surface area (Å²) in [6, 6.07) is 13.0. The first-order chi connectivity index (χ1) is 10.5. The molecule has 114 valence electrons. The molecule has 2 heterocycles. The van der Waals surface area contributed by atoms with Crippen LogP contribution in [-0.2, 0) is 10.9 Å². The van der Waals surface area contributed by atoms with Crippen LogP contribution in [0.25, 0.3) is 11.7 Å². The second-order valence-electron chi connectivity index (χ2n) is 4.67. The van der Waals surface area contributed by atoms with Crippen molar-refractivity contribution in [2.75, 3.05) is 0 Å². The average molecular weight is 339 g/mol. The highest BCUT2D eigenvalue weighted by atomic mass is 35.5. The van der Waals surface area contributed by atoms with Crippen LogP contribution >= 0.6 is 23.2 Å². The summed E-state index contributed by atoms with van der Waals surface area (Å²) in [5, 5.41) is 7.66. The zero-order chi connectivity index (χ0) is 15.6. The molecule has 7 heteroatoms. The largest absolute Gasteiger partial charge is 0.486 e. The van der Waals surface area contributed by atoms with E-state index < -0.39 is 4.33 Å². The topological polar surface area (TPSA) is 61.3 Å².